The van der Waals surface area contributed by atoms with Crippen molar-refractivity contribution >= 4 is 11.8 Å². The Morgan fingerprint density at radius 3 is 2.88 bits per heavy atom. The van der Waals surface area contributed by atoms with Gasteiger partial charge in [-0.2, -0.15) is 0 Å². The Morgan fingerprint density at radius 2 is 2.31 bits per heavy atom. The van der Waals surface area contributed by atoms with Crippen molar-refractivity contribution in [2.75, 3.05) is 12.4 Å². The molecule has 1 aromatic heterocycles. The van der Waals surface area contributed by atoms with Gasteiger partial charge in [0.2, 0.25) is 0 Å². The SMILES string of the molecule is Cn1ccnc1SCCCCC(C)(N)CO. The lowest BCUT2D eigenvalue weighted by Gasteiger charge is -2.21. The number of aliphatic hydroxyl groups is 1. The van der Waals surface area contributed by atoms with Gasteiger partial charge in [0.1, 0.15) is 0 Å². The van der Waals surface area contributed by atoms with E-state index in [1.807, 2.05) is 30.9 Å². The van der Waals surface area contributed by atoms with Crippen molar-refractivity contribution in [2.45, 2.75) is 36.9 Å². The second-order valence-electron chi connectivity index (χ2n) is 4.44. The summed E-state index contributed by atoms with van der Waals surface area (Å²) in [6.45, 7) is 1.94. The Hall–Kier alpha value is -0.520. The fourth-order valence-electron chi connectivity index (χ4n) is 1.36. The number of hydrogen-bond acceptors (Lipinski definition) is 4. The monoisotopic (exact) mass is 243 g/mol. The molecule has 16 heavy (non-hydrogen) atoms. The largest absolute Gasteiger partial charge is 0.394 e. The zero-order chi connectivity index (χ0) is 12.0. The Balaban J connectivity index is 2.11. The number of aliphatic hydroxyl groups excluding tert-OH is 1. The van der Waals surface area contributed by atoms with E-state index in [9.17, 15) is 0 Å². The highest BCUT2D eigenvalue weighted by atomic mass is 32.2. The van der Waals surface area contributed by atoms with Crippen LogP contribution in [0.4, 0.5) is 0 Å². The van der Waals surface area contributed by atoms with Gasteiger partial charge < -0.3 is 15.4 Å². The zero-order valence-corrected chi connectivity index (χ0v) is 10.8. The molecule has 0 aromatic carbocycles. The summed E-state index contributed by atoms with van der Waals surface area (Å²) in [6.07, 6.45) is 6.77. The van der Waals surface area contributed by atoms with E-state index in [0.29, 0.717) is 0 Å². The Kier molecular flexibility index (Phi) is 5.31. The van der Waals surface area contributed by atoms with Crippen LogP contribution in [0, 0.1) is 0 Å². The number of imidazole rings is 1. The minimum Gasteiger partial charge on any atom is -0.394 e. The average molecular weight is 243 g/mol. The minimum atomic E-state index is -0.423. The molecule has 0 amide bonds. The maximum Gasteiger partial charge on any atom is 0.167 e. The maximum atomic E-state index is 8.99. The van der Waals surface area contributed by atoms with Gasteiger partial charge in [0.25, 0.3) is 0 Å². The Labute approximate surface area is 101 Å². The molecule has 0 radical (unpaired) electrons. The summed E-state index contributed by atoms with van der Waals surface area (Å²) in [4.78, 5) is 4.24. The molecule has 0 spiro atoms. The van der Waals surface area contributed by atoms with Crippen LogP contribution in [0.1, 0.15) is 26.2 Å². The molecular weight excluding hydrogens is 222 g/mol. The summed E-state index contributed by atoms with van der Waals surface area (Å²) in [7, 11) is 2.00. The van der Waals surface area contributed by atoms with Crippen molar-refractivity contribution < 1.29 is 5.11 Å². The van der Waals surface area contributed by atoms with E-state index in [4.69, 9.17) is 10.8 Å². The van der Waals surface area contributed by atoms with Gasteiger partial charge in [-0.25, -0.2) is 4.98 Å². The minimum absolute atomic E-state index is 0.0551. The van der Waals surface area contributed by atoms with E-state index in [2.05, 4.69) is 4.98 Å². The van der Waals surface area contributed by atoms with Gasteiger partial charge in [-0.3, -0.25) is 0 Å². The number of nitrogens with zero attached hydrogens (tertiary/aromatic N) is 2. The molecule has 1 atom stereocenters. The fraction of sp³-hybridized carbons (Fsp3) is 0.727. The molecule has 3 N–H and O–H groups in total. The highest BCUT2D eigenvalue weighted by Gasteiger charge is 2.15. The molecule has 0 aliphatic carbocycles. The number of aryl methyl sites for hydroxylation is 1. The second-order valence-corrected chi connectivity index (χ2v) is 5.50. The Bertz CT molecular complexity index is 312. The van der Waals surface area contributed by atoms with Crippen LogP contribution >= 0.6 is 11.8 Å². The maximum absolute atomic E-state index is 8.99. The van der Waals surface area contributed by atoms with Gasteiger partial charge in [0.05, 0.1) is 6.61 Å². The molecule has 0 saturated heterocycles. The third kappa shape index (κ3) is 4.55. The van der Waals surface area contributed by atoms with Crippen LogP contribution in [-0.2, 0) is 7.05 Å². The van der Waals surface area contributed by atoms with Crippen LogP contribution in [0.5, 0.6) is 0 Å². The number of unbranched alkanes of at least 4 members (excludes halogenated alkanes) is 1. The number of rotatable bonds is 7. The summed E-state index contributed by atoms with van der Waals surface area (Å²) in [5.74, 6) is 1.05. The van der Waals surface area contributed by atoms with Gasteiger partial charge in [-0.05, 0) is 19.8 Å². The molecule has 0 bridgehead atoms. The second kappa shape index (κ2) is 6.27. The van der Waals surface area contributed by atoms with Crippen molar-refractivity contribution in [3.05, 3.63) is 12.4 Å². The summed E-state index contributed by atoms with van der Waals surface area (Å²) < 4.78 is 2.02. The lowest BCUT2D eigenvalue weighted by molar-refractivity contribution is 0.198. The first-order valence-electron chi connectivity index (χ1n) is 5.55. The Morgan fingerprint density at radius 1 is 1.56 bits per heavy atom. The molecule has 1 heterocycles. The van der Waals surface area contributed by atoms with Crippen molar-refractivity contribution in [3.63, 3.8) is 0 Å². The van der Waals surface area contributed by atoms with Gasteiger partial charge in [-0.15, -0.1) is 0 Å². The molecule has 0 aliphatic heterocycles. The van der Waals surface area contributed by atoms with Crippen LogP contribution in [0.2, 0.25) is 0 Å². The normalized spacial score (nSPS) is 15.0. The van der Waals surface area contributed by atoms with Crippen LogP contribution in [0.3, 0.4) is 0 Å². The van der Waals surface area contributed by atoms with Gasteiger partial charge in [-0.1, -0.05) is 18.2 Å². The smallest absolute Gasteiger partial charge is 0.167 e. The third-order valence-corrected chi connectivity index (χ3v) is 3.66. The predicted octanol–water partition coefficient (Wildman–Crippen LogP) is 1.39. The first kappa shape index (κ1) is 13.5. The van der Waals surface area contributed by atoms with E-state index in [1.165, 1.54) is 0 Å². The van der Waals surface area contributed by atoms with Gasteiger partial charge in [0, 0.05) is 30.7 Å². The molecule has 0 saturated carbocycles. The number of hydrogen-bond donors (Lipinski definition) is 2. The van der Waals surface area contributed by atoms with Crippen LogP contribution < -0.4 is 5.73 Å². The molecule has 0 fully saturated rings. The van der Waals surface area contributed by atoms with Gasteiger partial charge in [0.15, 0.2) is 5.16 Å². The molecule has 92 valence electrons. The van der Waals surface area contributed by atoms with Crippen LogP contribution in [0.25, 0.3) is 0 Å². The molecule has 1 unspecified atom stereocenters. The van der Waals surface area contributed by atoms with Crippen molar-refractivity contribution in [1.82, 2.24) is 9.55 Å². The molecule has 0 aliphatic rings. The van der Waals surface area contributed by atoms with Gasteiger partial charge >= 0.3 is 0 Å². The average Bonchev–Trinajstić information content (AvgIpc) is 2.64. The third-order valence-electron chi connectivity index (χ3n) is 2.51. The van der Waals surface area contributed by atoms with E-state index in [-0.39, 0.29) is 6.61 Å². The quantitative estimate of drug-likeness (QED) is 0.561. The lowest BCUT2D eigenvalue weighted by atomic mass is 9.98. The predicted molar refractivity (Wildman–Crippen MR) is 67.5 cm³/mol. The zero-order valence-electron chi connectivity index (χ0n) is 10.0. The first-order valence-corrected chi connectivity index (χ1v) is 6.53. The van der Waals surface area contributed by atoms with E-state index >= 15 is 0 Å². The molecule has 1 aromatic rings. The topological polar surface area (TPSA) is 64.1 Å². The molecule has 4 nitrogen and oxygen atoms in total. The summed E-state index contributed by atoms with van der Waals surface area (Å²) in [6, 6.07) is 0. The fourth-order valence-corrected chi connectivity index (χ4v) is 2.30. The summed E-state index contributed by atoms with van der Waals surface area (Å²) in [5, 5.41) is 10.0. The standard InChI is InChI=1S/C11H21N3OS/c1-11(12,9-15)5-3-4-8-16-10-13-6-7-14(10)2/h6-7,15H,3-5,8-9,12H2,1-2H3. The van der Waals surface area contributed by atoms with Crippen molar-refractivity contribution in [2.24, 2.45) is 12.8 Å². The molecular formula is C11H21N3OS. The van der Waals surface area contributed by atoms with E-state index in [0.717, 1.165) is 30.2 Å². The number of aromatic nitrogens is 2. The molecule has 1 rings (SSSR count). The van der Waals surface area contributed by atoms with E-state index < -0.39 is 5.54 Å². The first-order chi connectivity index (χ1) is 7.55. The highest BCUT2D eigenvalue weighted by Crippen LogP contribution is 2.18. The highest BCUT2D eigenvalue weighted by molar-refractivity contribution is 7.99. The molecule has 5 heteroatoms. The summed E-state index contributed by atoms with van der Waals surface area (Å²) >= 11 is 1.76. The van der Waals surface area contributed by atoms with Crippen LogP contribution in [0.15, 0.2) is 17.6 Å². The summed E-state index contributed by atoms with van der Waals surface area (Å²) in [5.41, 5.74) is 5.42. The lowest BCUT2D eigenvalue weighted by Crippen LogP contribution is -2.39. The van der Waals surface area contributed by atoms with Crippen LogP contribution in [-0.4, -0.2) is 32.6 Å². The number of thioether (sulfide) groups is 1. The van der Waals surface area contributed by atoms with E-state index in [1.54, 1.807) is 11.8 Å². The van der Waals surface area contributed by atoms with Crippen molar-refractivity contribution in [3.8, 4) is 0 Å². The van der Waals surface area contributed by atoms with Crippen molar-refractivity contribution in [1.29, 1.82) is 0 Å². The number of nitrogens with two attached hydrogens (primary N) is 1.